The molecule has 1 aromatic carbocycles. The molecule has 1 aliphatic rings. The molecule has 1 amide bonds. The highest BCUT2D eigenvalue weighted by atomic mass is 19.4. The van der Waals surface area contributed by atoms with E-state index in [1.807, 2.05) is 0 Å². The Bertz CT molecular complexity index is 1310. The van der Waals surface area contributed by atoms with E-state index in [0.717, 1.165) is 30.7 Å². The Hall–Kier alpha value is -3.83. The minimum Gasteiger partial charge on any atom is -0.289 e. The van der Waals surface area contributed by atoms with Crippen LogP contribution < -0.4 is 5.32 Å². The molecule has 1 aliphatic carbocycles. The largest absolute Gasteiger partial charge is 0.433 e. The van der Waals surface area contributed by atoms with E-state index in [2.05, 4.69) is 25.5 Å². The van der Waals surface area contributed by atoms with Gasteiger partial charge in [-0.2, -0.15) is 18.3 Å². The van der Waals surface area contributed by atoms with Crippen molar-refractivity contribution >= 4 is 17.5 Å². The highest BCUT2D eigenvalue weighted by Crippen LogP contribution is 2.41. The van der Waals surface area contributed by atoms with Crippen molar-refractivity contribution in [3.8, 4) is 0 Å². The molecule has 1 fully saturated rings. The molecule has 0 aliphatic heterocycles. The molecule has 8 nitrogen and oxygen atoms in total. The number of hydrogen-bond donors (Lipinski definition) is 1. The van der Waals surface area contributed by atoms with Gasteiger partial charge in [-0.05, 0) is 36.6 Å². The van der Waals surface area contributed by atoms with E-state index >= 15 is 0 Å². The van der Waals surface area contributed by atoms with Gasteiger partial charge in [0.05, 0.1) is 12.7 Å². The number of amides is 1. The van der Waals surface area contributed by atoms with Crippen molar-refractivity contribution < 1.29 is 22.4 Å². The first kappa shape index (κ1) is 20.1. The molecule has 3 aromatic heterocycles. The van der Waals surface area contributed by atoms with Gasteiger partial charge in [0.15, 0.2) is 5.65 Å². The van der Waals surface area contributed by atoms with Crippen LogP contribution in [-0.2, 0) is 12.7 Å². The number of hydrogen-bond acceptors (Lipinski definition) is 5. The third kappa shape index (κ3) is 3.90. The summed E-state index contributed by atoms with van der Waals surface area (Å²) in [5.74, 6) is -1.17. The number of alkyl halides is 3. The van der Waals surface area contributed by atoms with Crippen LogP contribution in [0.1, 0.15) is 46.1 Å². The van der Waals surface area contributed by atoms with Crippen LogP contribution >= 0.6 is 0 Å². The van der Waals surface area contributed by atoms with Crippen LogP contribution in [0.5, 0.6) is 0 Å². The highest BCUT2D eigenvalue weighted by molar-refractivity contribution is 6.07. The lowest BCUT2D eigenvalue weighted by molar-refractivity contribution is -0.142. The van der Waals surface area contributed by atoms with Crippen LogP contribution in [0, 0.1) is 5.82 Å². The first-order valence-electron chi connectivity index (χ1n) is 9.69. The molecule has 0 atom stereocenters. The fourth-order valence-electron chi connectivity index (χ4n) is 3.31. The number of benzene rings is 1. The summed E-state index contributed by atoms with van der Waals surface area (Å²) in [5.41, 5.74) is -0.211. The number of nitrogens with one attached hydrogen (secondary N) is 1. The van der Waals surface area contributed by atoms with E-state index in [1.165, 1.54) is 23.1 Å². The first-order chi connectivity index (χ1) is 15.3. The lowest BCUT2D eigenvalue weighted by Crippen LogP contribution is -2.16. The third-order valence-corrected chi connectivity index (χ3v) is 5.04. The maximum absolute atomic E-state index is 13.5. The van der Waals surface area contributed by atoms with Crippen molar-refractivity contribution in [2.45, 2.75) is 31.5 Å². The van der Waals surface area contributed by atoms with Crippen molar-refractivity contribution in [3.63, 3.8) is 0 Å². The Morgan fingerprint density at radius 1 is 1.19 bits per heavy atom. The molecule has 164 valence electrons. The lowest BCUT2D eigenvalue weighted by atomic mass is 10.2. The summed E-state index contributed by atoms with van der Waals surface area (Å²) >= 11 is 0. The Kier molecular flexibility index (Phi) is 4.64. The quantitative estimate of drug-likeness (QED) is 0.474. The van der Waals surface area contributed by atoms with Crippen molar-refractivity contribution in [3.05, 3.63) is 71.2 Å². The maximum atomic E-state index is 13.5. The predicted octanol–water partition coefficient (Wildman–Crippen LogP) is 3.66. The second-order valence-electron chi connectivity index (χ2n) is 7.48. The molecule has 0 bridgehead atoms. The van der Waals surface area contributed by atoms with Gasteiger partial charge in [-0.15, -0.1) is 5.10 Å². The van der Waals surface area contributed by atoms with E-state index in [9.17, 15) is 22.4 Å². The van der Waals surface area contributed by atoms with Crippen molar-refractivity contribution in [1.82, 2.24) is 29.4 Å². The second kappa shape index (κ2) is 7.39. The van der Waals surface area contributed by atoms with Crippen molar-refractivity contribution in [2.24, 2.45) is 0 Å². The van der Waals surface area contributed by atoms with Crippen LogP contribution in [0.25, 0.3) is 5.65 Å². The zero-order valence-electron chi connectivity index (χ0n) is 16.3. The summed E-state index contributed by atoms with van der Waals surface area (Å²) in [5, 5.41) is 10.3. The fraction of sp³-hybridized carbons (Fsp3) is 0.250. The second-order valence-corrected chi connectivity index (χ2v) is 7.48. The number of nitrogens with zero attached hydrogens (tertiary/aromatic N) is 6. The SMILES string of the molecule is O=C(Nc1ncn(Cc2ccc(F)cc2)n1)c1cnn2c(C(F)(F)F)cc(C3CC3)nc12. The summed E-state index contributed by atoms with van der Waals surface area (Å²) in [6, 6.07) is 6.81. The summed E-state index contributed by atoms with van der Waals surface area (Å²) in [6.45, 7) is 0.293. The molecule has 0 spiro atoms. The van der Waals surface area contributed by atoms with E-state index in [0.29, 0.717) is 16.8 Å². The predicted molar refractivity (Wildman–Crippen MR) is 103 cm³/mol. The van der Waals surface area contributed by atoms with E-state index in [4.69, 9.17) is 0 Å². The summed E-state index contributed by atoms with van der Waals surface area (Å²) < 4.78 is 55.6. The summed E-state index contributed by atoms with van der Waals surface area (Å²) in [4.78, 5) is 21.0. The molecule has 0 unspecified atom stereocenters. The molecule has 12 heteroatoms. The standard InChI is InChI=1S/C20H15F4N7O/c21-13-5-1-11(2-6-13)9-30-10-25-19(29-30)28-18(32)14-8-26-31-16(20(22,23)24)7-15(12-3-4-12)27-17(14)31/h1-2,5-8,10,12H,3-4,9H2,(H,28,29,32). The Labute approximate surface area is 177 Å². The van der Waals surface area contributed by atoms with Crippen molar-refractivity contribution in [1.29, 1.82) is 0 Å². The van der Waals surface area contributed by atoms with E-state index in [-0.39, 0.29) is 28.9 Å². The van der Waals surface area contributed by atoms with Crippen LogP contribution in [0.2, 0.25) is 0 Å². The van der Waals surface area contributed by atoms with Gasteiger partial charge in [-0.25, -0.2) is 23.6 Å². The van der Waals surface area contributed by atoms with Gasteiger partial charge in [-0.3, -0.25) is 10.1 Å². The van der Waals surface area contributed by atoms with Crippen LogP contribution in [0.15, 0.2) is 42.9 Å². The highest BCUT2D eigenvalue weighted by Gasteiger charge is 2.38. The lowest BCUT2D eigenvalue weighted by Gasteiger charge is -2.11. The number of aromatic nitrogens is 6. The Morgan fingerprint density at radius 2 is 1.94 bits per heavy atom. The van der Waals surface area contributed by atoms with Gasteiger partial charge in [0.25, 0.3) is 5.91 Å². The zero-order valence-corrected chi connectivity index (χ0v) is 16.3. The van der Waals surface area contributed by atoms with Crippen molar-refractivity contribution in [2.75, 3.05) is 5.32 Å². The number of halogens is 4. The fourth-order valence-corrected chi connectivity index (χ4v) is 3.31. The molecule has 1 saturated carbocycles. The van der Waals surface area contributed by atoms with Gasteiger partial charge >= 0.3 is 6.18 Å². The third-order valence-electron chi connectivity index (χ3n) is 5.04. The van der Waals surface area contributed by atoms with Gasteiger partial charge in [0.1, 0.15) is 23.4 Å². The van der Waals surface area contributed by atoms with E-state index in [1.54, 1.807) is 12.1 Å². The minimum absolute atomic E-state index is 0.0362. The average Bonchev–Trinajstić information content (AvgIpc) is 3.36. The monoisotopic (exact) mass is 445 g/mol. The number of carbonyl (C=O) groups excluding carboxylic acids is 1. The Balaban J connectivity index is 1.40. The van der Waals surface area contributed by atoms with Gasteiger partial charge in [0, 0.05) is 11.6 Å². The molecule has 4 aromatic rings. The molecular weight excluding hydrogens is 430 g/mol. The van der Waals surface area contributed by atoms with Gasteiger partial charge < -0.3 is 0 Å². The van der Waals surface area contributed by atoms with Crippen LogP contribution in [0.4, 0.5) is 23.5 Å². The number of anilines is 1. The molecular formula is C20H15F4N7O. The summed E-state index contributed by atoms with van der Waals surface area (Å²) in [7, 11) is 0. The molecule has 0 radical (unpaired) electrons. The first-order valence-corrected chi connectivity index (χ1v) is 9.69. The normalized spacial score (nSPS) is 14.1. The summed E-state index contributed by atoms with van der Waals surface area (Å²) in [6.07, 6.45) is -0.720. The van der Waals surface area contributed by atoms with Gasteiger partial charge in [0.2, 0.25) is 5.95 Å². The van der Waals surface area contributed by atoms with Gasteiger partial charge in [-0.1, -0.05) is 12.1 Å². The van der Waals surface area contributed by atoms with Crippen LogP contribution in [-0.4, -0.2) is 35.3 Å². The average molecular weight is 445 g/mol. The smallest absolute Gasteiger partial charge is 0.289 e. The molecule has 5 rings (SSSR count). The molecule has 3 heterocycles. The molecule has 1 N–H and O–H groups in total. The minimum atomic E-state index is -4.65. The number of carbonyl (C=O) groups is 1. The van der Waals surface area contributed by atoms with E-state index < -0.39 is 17.8 Å². The maximum Gasteiger partial charge on any atom is 0.433 e. The number of rotatable bonds is 5. The zero-order chi connectivity index (χ0) is 22.5. The van der Waals surface area contributed by atoms with Crippen LogP contribution in [0.3, 0.4) is 0 Å². The topological polar surface area (TPSA) is 90.0 Å². The molecule has 32 heavy (non-hydrogen) atoms. The Morgan fingerprint density at radius 3 is 2.62 bits per heavy atom. The number of fused-ring (bicyclic) bond motifs is 1. The molecule has 0 saturated heterocycles.